The third kappa shape index (κ3) is 7.33. The van der Waals surface area contributed by atoms with Crippen LogP contribution in [0, 0.1) is 5.41 Å². The molecule has 0 spiro atoms. The normalized spacial score (nSPS) is 11.4. The molecule has 0 radical (unpaired) electrons. The average Bonchev–Trinajstić information content (AvgIpc) is 1.59. The van der Waals surface area contributed by atoms with E-state index in [4.69, 9.17) is 11.1 Å². The summed E-state index contributed by atoms with van der Waals surface area (Å²) in [7, 11) is 0. The molecule has 0 fully saturated rings. The van der Waals surface area contributed by atoms with Gasteiger partial charge in [-0.25, -0.2) is 8.78 Å². The maximum atomic E-state index is 11.9. The molecule has 0 heterocycles. The molecular formula is C5H10F2N2. The number of rotatable bonds is 3. The standard InChI is InChI=1S/C5H10F2N2/c1-5(6,7)3-2-4(8)9/h2-3H2,1H3,(H3,8,9). The Morgan fingerprint density at radius 2 is 2.11 bits per heavy atom. The number of hydrogen-bond donors (Lipinski definition) is 2. The molecule has 0 rings (SSSR count). The van der Waals surface area contributed by atoms with Gasteiger partial charge in [-0.2, -0.15) is 0 Å². The zero-order valence-corrected chi connectivity index (χ0v) is 5.25. The van der Waals surface area contributed by atoms with E-state index in [1.807, 2.05) is 0 Å². The van der Waals surface area contributed by atoms with E-state index in [1.165, 1.54) is 0 Å². The van der Waals surface area contributed by atoms with Crippen LogP contribution in [0.2, 0.25) is 0 Å². The highest BCUT2D eigenvalue weighted by Crippen LogP contribution is 2.17. The van der Waals surface area contributed by atoms with Gasteiger partial charge < -0.3 is 5.73 Å². The highest BCUT2D eigenvalue weighted by Gasteiger charge is 2.20. The van der Waals surface area contributed by atoms with Crippen molar-refractivity contribution < 1.29 is 8.78 Å². The van der Waals surface area contributed by atoms with Crippen LogP contribution in [0.3, 0.4) is 0 Å². The van der Waals surface area contributed by atoms with E-state index >= 15 is 0 Å². The van der Waals surface area contributed by atoms with E-state index in [9.17, 15) is 8.78 Å². The van der Waals surface area contributed by atoms with Crippen molar-refractivity contribution in [2.24, 2.45) is 5.73 Å². The van der Waals surface area contributed by atoms with Crippen LogP contribution in [0.4, 0.5) is 8.78 Å². The Morgan fingerprint density at radius 3 is 2.22 bits per heavy atom. The molecule has 0 amide bonds. The van der Waals surface area contributed by atoms with Crippen LogP contribution in [-0.4, -0.2) is 11.8 Å². The lowest BCUT2D eigenvalue weighted by Crippen LogP contribution is -2.16. The predicted molar refractivity (Wildman–Crippen MR) is 31.8 cm³/mol. The minimum atomic E-state index is -2.69. The van der Waals surface area contributed by atoms with Crippen molar-refractivity contribution in [3.63, 3.8) is 0 Å². The molecule has 54 valence electrons. The van der Waals surface area contributed by atoms with Crippen molar-refractivity contribution >= 4 is 5.84 Å². The summed E-state index contributed by atoms with van der Waals surface area (Å²) in [6, 6.07) is 0. The lowest BCUT2D eigenvalue weighted by atomic mass is 10.2. The summed E-state index contributed by atoms with van der Waals surface area (Å²) < 4.78 is 23.9. The van der Waals surface area contributed by atoms with Crippen molar-refractivity contribution in [1.82, 2.24) is 0 Å². The highest BCUT2D eigenvalue weighted by molar-refractivity contribution is 5.76. The molecule has 2 nitrogen and oxygen atoms in total. The molecule has 0 unspecified atom stereocenters. The smallest absolute Gasteiger partial charge is 0.245 e. The van der Waals surface area contributed by atoms with Gasteiger partial charge in [0.15, 0.2) is 0 Å². The SMILES string of the molecule is CC(F)(F)CCC(=N)N. The van der Waals surface area contributed by atoms with E-state index in [1.54, 1.807) is 0 Å². The van der Waals surface area contributed by atoms with E-state index in [2.05, 4.69) is 0 Å². The van der Waals surface area contributed by atoms with Gasteiger partial charge in [-0.1, -0.05) is 0 Å². The fourth-order valence-electron chi connectivity index (χ4n) is 0.354. The molecule has 0 aliphatic carbocycles. The number of amidine groups is 1. The zero-order chi connectivity index (χ0) is 7.49. The molecule has 0 saturated heterocycles. The first-order valence-electron chi connectivity index (χ1n) is 2.62. The first kappa shape index (κ1) is 8.33. The molecule has 0 aliphatic rings. The van der Waals surface area contributed by atoms with Crippen molar-refractivity contribution in [2.75, 3.05) is 0 Å². The van der Waals surface area contributed by atoms with E-state index in [-0.39, 0.29) is 18.7 Å². The second-order valence-corrected chi connectivity index (χ2v) is 2.10. The third-order valence-corrected chi connectivity index (χ3v) is 0.833. The lowest BCUT2D eigenvalue weighted by molar-refractivity contribution is 0.0150. The van der Waals surface area contributed by atoms with Crippen molar-refractivity contribution in [3.8, 4) is 0 Å². The first-order valence-corrected chi connectivity index (χ1v) is 2.62. The fourth-order valence-corrected chi connectivity index (χ4v) is 0.354. The van der Waals surface area contributed by atoms with Crippen LogP contribution in [-0.2, 0) is 0 Å². The number of nitrogens with one attached hydrogen (secondary N) is 1. The van der Waals surface area contributed by atoms with Crippen molar-refractivity contribution in [2.45, 2.75) is 25.7 Å². The molecule has 0 saturated carbocycles. The summed E-state index contributed by atoms with van der Waals surface area (Å²) >= 11 is 0. The highest BCUT2D eigenvalue weighted by atomic mass is 19.3. The Balaban J connectivity index is 3.39. The van der Waals surface area contributed by atoms with Crippen LogP contribution in [0.5, 0.6) is 0 Å². The van der Waals surface area contributed by atoms with Crippen LogP contribution >= 0.6 is 0 Å². The lowest BCUT2D eigenvalue weighted by Gasteiger charge is -2.07. The van der Waals surface area contributed by atoms with Gasteiger partial charge in [0.05, 0.1) is 5.84 Å². The number of hydrogen-bond acceptors (Lipinski definition) is 1. The quantitative estimate of drug-likeness (QED) is 0.446. The third-order valence-electron chi connectivity index (χ3n) is 0.833. The first-order chi connectivity index (χ1) is 3.92. The molecular weight excluding hydrogens is 126 g/mol. The minimum absolute atomic E-state index is 0.0243. The van der Waals surface area contributed by atoms with Gasteiger partial charge in [0.1, 0.15) is 0 Å². The van der Waals surface area contributed by atoms with Gasteiger partial charge in [-0.3, -0.25) is 5.41 Å². The maximum absolute atomic E-state index is 11.9. The molecule has 9 heavy (non-hydrogen) atoms. The predicted octanol–water partition coefficient (Wildman–Crippen LogP) is 1.36. The van der Waals surface area contributed by atoms with Gasteiger partial charge in [0, 0.05) is 12.8 Å². The van der Waals surface area contributed by atoms with Crippen LogP contribution in [0.15, 0.2) is 0 Å². The Kier molecular flexibility index (Phi) is 2.55. The van der Waals surface area contributed by atoms with E-state index < -0.39 is 5.92 Å². The van der Waals surface area contributed by atoms with Crippen LogP contribution in [0.25, 0.3) is 0 Å². The zero-order valence-electron chi connectivity index (χ0n) is 5.25. The molecule has 0 aromatic heterocycles. The van der Waals surface area contributed by atoms with Gasteiger partial charge >= 0.3 is 0 Å². The van der Waals surface area contributed by atoms with Crippen LogP contribution in [0.1, 0.15) is 19.8 Å². The van der Waals surface area contributed by atoms with Crippen LogP contribution < -0.4 is 5.73 Å². The average molecular weight is 136 g/mol. The van der Waals surface area contributed by atoms with Gasteiger partial charge in [-0.15, -0.1) is 0 Å². The molecule has 0 aromatic rings. The molecule has 4 heteroatoms. The number of alkyl halides is 2. The van der Waals surface area contributed by atoms with Crippen molar-refractivity contribution in [3.05, 3.63) is 0 Å². The summed E-state index contributed by atoms with van der Waals surface area (Å²) in [5.41, 5.74) is 4.85. The van der Waals surface area contributed by atoms with E-state index in [0.29, 0.717) is 0 Å². The topological polar surface area (TPSA) is 49.9 Å². The Hall–Kier alpha value is -0.670. The monoisotopic (exact) mass is 136 g/mol. The van der Waals surface area contributed by atoms with Gasteiger partial charge in [0.2, 0.25) is 5.92 Å². The molecule has 0 atom stereocenters. The summed E-state index contributed by atoms with van der Waals surface area (Å²) in [6.45, 7) is 0.815. The van der Waals surface area contributed by atoms with Gasteiger partial charge in [0.25, 0.3) is 0 Å². The summed E-state index contributed by atoms with van der Waals surface area (Å²) in [5, 5.41) is 6.62. The Bertz CT molecular complexity index is 106. The fraction of sp³-hybridized carbons (Fsp3) is 0.800. The van der Waals surface area contributed by atoms with Crippen molar-refractivity contribution in [1.29, 1.82) is 5.41 Å². The largest absolute Gasteiger partial charge is 0.388 e. The molecule has 0 aliphatic heterocycles. The molecule has 0 aromatic carbocycles. The Labute approximate surface area is 52.6 Å². The Morgan fingerprint density at radius 1 is 1.67 bits per heavy atom. The van der Waals surface area contributed by atoms with E-state index in [0.717, 1.165) is 6.92 Å². The maximum Gasteiger partial charge on any atom is 0.245 e. The number of nitrogens with two attached hydrogens (primary N) is 1. The second kappa shape index (κ2) is 2.75. The minimum Gasteiger partial charge on any atom is -0.388 e. The second-order valence-electron chi connectivity index (χ2n) is 2.10. The summed E-state index contributed by atoms with van der Waals surface area (Å²) in [6.07, 6.45) is -0.355. The summed E-state index contributed by atoms with van der Waals surface area (Å²) in [5.74, 6) is -2.87. The number of halogens is 2. The van der Waals surface area contributed by atoms with Gasteiger partial charge in [-0.05, 0) is 6.92 Å². The molecule has 0 bridgehead atoms. The summed E-state index contributed by atoms with van der Waals surface area (Å²) in [4.78, 5) is 0. The molecule has 3 N–H and O–H groups in total.